The predicted molar refractivity (Wildman–Crippen MR) is 201 cm³/mol. The summed E-state index contributed by atoms with van der Waals surface area (Å²) in [5.41, 5.74) is 14.6. The molecule has 5 aromatic carbocycles. The summed E-state index contributed by atoms with van der Waals surface area (Å²) in [4.78, 5) is 2.57. The van der Waals surface area contributed by atoms with E-state index >= 15 is 0 Å². The molecule has 3 N–H and O–H groups in total. The molecular weight excluding hydrogens is 595 g/mol. The first kappa shape index (κ1) is 28.5. The number of anilines is 2. The smallest absolute Gasteiger partial charge is 0.171 e. The standard InChI is InChI=1S/C46H37N3/c1-3-15-31(16-4-1)40-29-41(32-17-5-2-6-18-32)48-46(47-40)33-19-13-20-34(28-33)49-42-25-12-11-24-39(42)44-43-35-21-8-7-14-30(35)26-27-37(43)36-22-9-10-23-38(36)45(44)49/h1,3-5,7-29,41,43-44,46-48H,2,6H2/p+1. The van der Waals surface area contributed by atoms with Crippen molar-refractivity contribution >= 4 is 34.4 Å². The van der Waals surface area contributed by atoms with Crippen LogP contribution in [0.25, 0.3) is 23.0 Å². The Hall–Kier alpha value is -5.48. The summed E-state index contributed by atoms with van der Waals surface area (Å²) in [7, 11) is 0. The molecule has 4 unspecified atom stereocenters. The molecule has 5 aliphatic rings. The van der Waals surface area contributed by atoms with Crippen LogP contribution < -0.4 is 26.0 Å². The van der Waals surface area contributed by atoms with E-state index in [1.54, 1.807) is 0 Å². The molecule has 0 fully saturated rings. The van der Waals surface area contributed by atoms with Crippen LogP contribution in [0, 0.1) is 0 Å². The number of nitrogens with one attached hydrogen (secondary N) is 1. The first-order valence-electron chi connectivity index (χ1n) is 17.7. The zero-order chi connectivity index (χ0) is 32.3. The van der Waals surface area contributed by atoms with Crippen molar-refractivity contribution in [1.82, 2.24) is 5.32 Å². The lowest BCUT2D eigenvalue weighted by atomic mass is 9.69. The number of nitrogens with zero attached hydrogens (tertiary/aromatic N) is 1. The topological polar surface area (TPSA) is 31.9 Å². The highest BCUT2D eigenvalue weighted by atomic mass is 15.2. The summed E-state index contributed by atoms with van der Waals surface area (Å²) in [5, 5.41) is 9.09. The van der Waals surface area contributed by atoms with Crippen molar-refractivity contribution in [3.8, 4) is 0 Å². The summed E-state index contributed by atoms with van der Waals surface area (Å²) < 4.78 is 0. The quantitative estimate of drug-likeness (QED) is 0.214. The highest BCUT2D eigenvalue weighted by Gasteiger charge is 2.44. The molecule has 0 amide bonds. The van der Waals surface area contributed by atoms with Gasteiger partial charge in [-0.05, 0) is 82.3 Å². The zero-order valence-electron chi connectivity index (χ0n) is 27.3. The second-order valence-electron chi connectivity index (χ2n) is 13.8. The number of quaternary nitrogens is 1. The van der Waals surface area contributed by atoms with Gasteiger partial charge in [-0.2, -0.15) is 0 Å². The molecule has 3 aliphatic carbocycles. The van der Waals surface area contributed by atoms with E-state index in [-0.39, 0.29) is 24.0 Å². The molecule has 2 aliphatic heterocycles. The van der Waals surface area contributed by atoms with Crippen LogP contribution in [0.4, 0.5) is 11.4 Å². The van der Waals surface area contributed by atoms with Gasteiger partial charge < -0.3 is 4.90 Å². The maximum Gasteiger partial charge on any atom is 0.171 e. The molecule has 3 heteroatoms. The number of hydrogen-bond donors (Lipinski definition) is 2. The number of rotatable bonds is 4. The number of nitrogens with two attached hydrogens (primary N) is 1. The van der Waals surface area contributed by atoms with Gasteiger partial charge in [0.1, 0.15) is 5.70 Å². The van der Waals surface area contributed by atoms with Gasteiger partial charge in [-0.15, -0.1) is 0 Å². The lowest BCUT2D eigenvalue weighted by molar-refractivity contribution is -0.620. The third-order valence-corrected chi connectivity index (χ3v) is 11.0. The minimum Gasteiger partial charge on any atom is -0.313 e. The Balaban J connectivity index is 1.12. The highest BCUT2D eigenvalue weighted by molar-refractivity contribution is 5.96. The van der Waals surface area contributed by atoms with Crippen LogP contribution in [0.15, 0.2) is 163 Å². The molecule has 0 saturated heterocycles. The Bertz CT molecular complexity index is 2380. The predicted octanol–water partition coefficient (Wildman–Crippen LogP) is 7.56. The molecule has 236 valence electrons. The average molecular weight is 633 g/mol. The highest BCUT2D eigenvalue weighted by Crippen LogP contribution is 2.57. The fourth-order valence-corrected chi connectivity index (χ4v) is 8.88. The molecule has 0 aromatic heterocycles. The Morgan fingerprint density at radius 2 is 1.45 bits per heavy atom. The third kappa shape index (κ3) is 4.65. The van der Waals surface area contributed by atoms with Gasteiger partial charge in [-0.1, -0.05) is 127 Å². The Kier molecular flexibility index (Phi) is 6.75. The van der Waals surface area contributed by atoms with Gasteiger partial charge in [-0.25, -0.2) is 0 Å². The lowest BCUT2D eigenvalue weighted by Gasteiger charge is -2.35. The third-order valence-electron chi connectivity index (χ3n) is 11.0. The average Bonchev–Trinajstić information content (AvgIpc) is 3.54. The van der Waals surface area contributed by atoms with Crippen LogP contribution in [0.2, 0.25) is 0 Å². The van der Waals surface area contributed by atoms with E-state index in [2.05, 4.69) is 179 Å². The van der Waals surface area contributed by atoms with Crippen LogP contribution in [-0.2, 0) is 0 Å². The molecule has 10 rings (SSSR count). The number of fused-ring (bicyclic) bond motifs is 8. The fourth-order valence-electron chi connectivity index (χ4n) is 8.88. The number of allylic oxidation sites excluding steroid dienone is 3. The summed E-state index contributed by atoms with van der Waals surface area (Å²) in [6.07, 6.45) is 16.4. The first-order chi connectivity index (χ1) is 24.3. The van der Waals surface area contributed by atoms with E-state index in [1.807, 2.05) is 0 Å². The Morgan fingerprint density at radius 3 is 2.33 bits per heavy atom. The van der Waals surface area contributed by atoms with Crippen LogP contribution in [0.3, 0.4) is 0 Å². The van der Waals surface area contributed by atoms with Crippen molar-refractivity contribution in [2.75, 3.05) is 4.90 Å². The monoisotopic (exact) mass is 632 g/mol. The van der Waals surface area contributed by atoms with Gasteiger partial charge in [0.2, 0.25) is 0 Å². The van der Waals surface area contributed by atoms with Crippen molar-refractivity contribution in [1.29, 1.82) is 0 Å². The van der Waals surface area contributed by atoms with Crippen molar-refractivity contribution in [2.45, 2.75) is 36.9 Å². The maximum absolute atomic E-state index is 4.01. The Labute approximate surface area is 287 Å². The maximum atomic E-state index is 4.01. The largest absolute Gasteiger partial charge is 0.313 e. The van der Waals surface area contributed by atoms with Crippen molar-refractivity contribution in [3.63, 3.8) is 0 Å². The van der Waals surface area contributed by atoms with Gasteiger partial charge in [0, 0.05) is 45.3 Å². The van der Waals surface area contributed by atoms with E-state index in [0.29, 0.717) is 0 Å². The summed E-state index contributed by atoms with van der Waals surface area (Å²) >= 11 is 0. The molecular formula is C46H38N3+. The molecule has 2 heterocycles. The molecule has 0 bridgehead atoms. The van der Waals surface area contributed by atoms with Crippen LogP contribution in [0.1, 0.15) is 58.7 Å². The van der Waals surface area contributed by atoms with E-state index in [4.69, 9.17) is 0 Å². The van der Waals surface area contributed by atoms with Gasteiger partial charge in [0.25, 0.3) is 0 Å². The van der Waals surface area contributed by atoms with Crippen molar-refractivity contribution in [3.05, 3.63) is 202 Å². The molecule has 4 atom stereocenters. The number of hydrogen-bond acceptors (Lipinski definition) is 2. The summed E-state index contributed by atoms with van der Waals surface area (Å²) in [6.45, 7) is 0. The minimum absolute atomic E-state index is 0.0639. The zero-order valence-corrected chi connectivity index (χ0v) is 27.3. The van der Waals surface area contributed by atoms with Crippen LogP contribution >= 0.6 is 0 Å². The summed E-state index contributed by atoms with van der Waals surface area (Å²) in [5.74, 6) is 0.474. The number of benzene rings is 5. The first-order valence-corrected chi connectivity index (χ1v) is 17.7. The Morgan fingerprint density at radius 1 is 0.653 bits per heavy atom. The van der Waals surface area contributed by atoms with Crippen LogP contribution in [-0.4, -0.2) is 6.04 Å². The SMILES string of the molecule is C1=CC(C2C=C(c3ccccc3)[NH2+]C(c3cccc(N4C5=c6ccccc6=C6C=Cc7ccccc7C6C5c5ccccc54)c3)N2)=CCC1. The second-order valence-corrected chi connectivity index (χ2v) is 13.8. The van der Waals surface area contributed by atoms with E-state index in [0.717, 1.165) is 12.8 Å². The summed E-state index contributed by atoms with van der Waals surface area (Å²) in [6, 6.07) is 47.4. The minimum atomic E-state index is 0.0639. The van der Waals surface area contributed by atoms with E-state index in [1.165, 1.54) is 72.2 Å². The molecule has 49 heavy (non-hydrogen) atoms. The molecule has 0 spiro atoms. The lowest BCUT2D eigenvalue weighted by Crippen LogP contribution is -2.87. The van der Waals surface area contributed by atoms with Gasteiger partial charge in [-0.3, -0.25) is 10.6 Å². The molecule has 0 radical (unpaired) electrons. The van der Waals surface area contributed by atoms with Gasteiger partial charge >= 0.3 is 0 Å². The van der Waals surface area contributed by atoms with Crippen molar-refractivity contribution < 1.29 is 5.32 Å². The van der Waals surface area contributed by atoms with Gasteiger partial charge in [0.15, 0.2) is 6.17 Å². The van der Waals surface area contributed by atoms with E-state index < -0.39 is 0 Å². The number of para-hydroxylation sites is 1. The molecule has 5 aromatic rings. The molecule has 3 nitrogen and oxygen atoms in total. The normalized spacial score (nSPS) is 23.1. The fraction of sp³-hybridized carbons (Fsp3) is 0.130. The van der Waals surface area contributed by atoms with E-state index in [9.17, 15) is 0 Å². The molecule has 0 saturated carbocycles. The van der Waals surface area contributed by atoms with Crippen LogP contribution in [0.5, 0.6) is 0 Å². The van der Waals surface area contributed by atoms with Crippen molar-refractivity contribution in [2.24, 2.45) is 0 Å². The van der Waals surface area contributed by atoms with Gasteiger partial charge in [0.05, 0.1) is 6.04 Å². The second kappa shape index (κ2) is 11.6.